The summed E-state index contributed by atoms with van der Waals surface area (Å²) in [6, 6.07) is -5.27. The van der Waals surface area contributed by atoms with Gasteiger partial charge in [0, 0.05) is 112 Å². The van der Waals surface area contributed by atoms with Crippen LogP contribution in [0.25, 0.3) is 21.8 Å². The molecule has 45 heteroatoms. The highest BCUT2D eigenvalue weighted by Crippen LogP contribution is 2.30. The molecule has 4 fully saturated rings. The smallest absolute Gasteiger partial charge is 0.327 e. The fourth-order valence-corrected chi connectivity index (χ4v) is 19.2. The summed E-state index contributed by atoms with van der Waals surface area (Å²) >= 11 is 0.717. The molecule has 20 N–H and O–H groups in total. The minimum atomic E-state index is -1.91. The summed E-state index contributed by atoms with van der Waals surface area (Å²) in [5, 5.41) is 71.5. The maximum atomic E-state index is 16.0. The quantitative estimate of drug-likeness (QED) is 0.0267. The van der Waals surface area contributed by atoms with Crippen molar-refractivity contribution in [3.05, 3.63) is 108 Å². The number of piperidine rings is 1. The third-order valence-corrected chi connectivity index (χ3v) is 26.8. The molecule has 43 nitrogen and oxygen atoms in total. The number of carbonyl (C=O) groups excluding carboxylic acids is 16. The highest BCUT2D eigenvalue weighted by atomic mass is 32.2. The molecule has 143 heavy (non-hydrogen) atoms. The number of aromatic nitrogens is 2. The van der Waals surface area contributed by atoms with E-state index >= 15 is 43.2 Å². The zero-order valence-corrected chi connectivity index (χ0v) is 82.5. The minimum absolute atomic E-state index is 0.0456. The van der Waals surface area contributed by atoms with E-state index in [1.807, 2.05) is 13.8 Å². The number of hydrogen-bond donors (Lipinski definition) is 18. The van der Waals surface area contributed by atoms with Crippen LogP contribution in [0.15, 0.2) is 85.2 Å². The van der Waals surface area contributed by atoms with Crippen molar-refractivity contribution in [1.82, 2.24) is 92.5 Å². The molecule has 3 aromatic carbocycles. The second kappa shape index (κ2) is 54.0. The number of hydrogen-bond acceptors (Lipinski definition) is 23. The lowest BCUT2D eigenvalue weighted by atomic mass is 9.97. The van der Waals surface area contributed by atoms with Gasteiger partial charge in [0.2, 0.25) is 94.5 Å². The molecule has 16 atom stereocenters. The molecule has 0 bridgehead atoms. The largest absolute Gasteiger partial charge is 0.481 e. The second-order valence-corrected chi connectivity index (χ2v) is 38.5. The Kier molecular flexibility index (Phi) is 42.7. The number of carboxylic acids is 3. The van der Waals surface area contributed by atoms with E-state index in [0.29, 0.717) is 82.4 Å². The number of rotatable bonds is 29. The number of nitrogens with one attached hydrogen (secondary N) is 12. The van der Waals surface area contributed by atoms with Crippen molar-refractivity contribution in [2.45, 2.75) is 273 Å². The first-order chi connectivity index (χ1) is 68.1. The monoisotopic (exact) mass is 2010 g/mol. The highest BCUT2D eigenvalue weighted by molar-refractivity contribution is 8.00. The van der Waals surface area contributed by atoms with Gasteiger partial charge in [-0.1, -0.05) is 116 Å². The summed E-state index contributed by atoms with van der Waals surface area (Å²) in [5.74, 6) is -20.2. The number of thioether (sulfide) groups is 1. The lowest BCUT2D eigenvalue weighted by molar-refractivity contribution is -0.149. The van der Waals surface area contributed by atoms with Gasteiger partial charge in [-0.2, -0.15) is 0 Å². The van der Waals surface area contributed by atoms with Crippen molar-refractivity contribution in [3.8, 4) is 12.3 Å². The van der Waals surface area contributed by atoms with Crippen LogP contribution in [-0.4, -0.2) is 329 Å². The van der Waals surface area contributed by atoms with Gasteiger partial charge < -0.3 is 124 Å². The predicted octanol–water partition coefficient (Wildman–Crippen LogP) is -0.564. The number of aliphatic hydroxyl groups excluding tert-OH is 1. The number of unbranched alkanes of at least 4 members (excludes halogenated alkanes) is 2. The molecular weight excluding hydrogens is 1880 g/mol. The maximum Gasteiger partial charge on any atom is 0.327 e. The molecule has 16 amide bonds. The Balaban J connectivity index is 1.12. The summed E-state index contributed by atoms with van der Waals surface area (Å²) in [7, 11) is 2.65. The Bertz CT molecular complexity index is 5460. The number of benzene rings is 3. The molecule has 9 rings (SSSR count). The Morgan fingerprint density at radius 1 is 0.552 bits per heavy atom. The maximum absolute atomic E-state index is 16.0. The van der Waals surface area contributed by atoms with Crippen LogP contribution in [-0.2, 0) is 117 Å². The summed E-state index contributed by atoms with van der Waals surface area (Å²) in [4.78, 5) is 287. The lowest BCUT2D eigenvalue weighted by Gasteiger charge is -2.38. The van der Waals surface area contributed by atoms with E-state index in [2.05, 4.69) is 69.4 Å². The molecule has 4 aliphatic rings. The van der Waals surface area contributed by atoms with E-state index in [0.717, 1.165) is 36.6 Å². The number of terminal acetylenes is 1. The Labute approximate surface area is 831 Å². The zero-order chi connectivity index (χ0) is 105. The first kappa shape index (κ1) is 113. The molecule has 5 aromatic rings. The molecular formula is C98H135FN20O23S. The van der Waals surface area contributed by atoms with Crippen molar-refractivity contribution in [3.63, 3.8) is 0 Å². The van der Waals surface area contributed by atoms with Crippen LogP contribution in [0.3, 0.4) is 0 Å². The normalized spacial score (nSPS) is 24.7. The van der Waals surface area contributed by atoms with E-state index in [9.17, 15) is 72.8 Å². The summed E-state index contributed by atoms with van der Waals surface area (Å²) in [5.41, 5.74) is 14.7. The van der Waals surface area contributed by atoms with Crippen molar-refractivity contribution >= 4 is 146 Å². The number of amides is 16. The summed E-state index contributed by atoms with van der Waals surface area (Å²) in [6.07, 6.45) is 5.55. The number of fused-ring (bicyclic) bond motifs is 5. The third kappa shape index (κ3) is 31.4. The minimum Gasteiger partial charge on any atom is -0.481 e. The van der Waals surface area contributed by atoms with E-state index in [1.165, 1.54) is 37.0 Å². The molecule has 0 aliphatic carbocycles. The topological polar surface area (TPSA) is 627 Å². The number of H-pyrrole nitrogens is 1. The number of carboxylic acid groups (broad SMARTS) is 3. The molecule has 0 unspecified atom stereocenters. The number of carbonyl (C=O) groups is 19. The molecule has 6 heterocycles. The number of para-hydroxylation sites is 2. The number of nitrogens with zero attached hydrogens (tertiary/aromatic N) is 6. The first-order valence-electron chi connectivity index (χ1n) is 48.5. The van der Waals surface area contributed by atoms with Gasteiger partial charge in [0.1, 0.15) is 103 Å². The van der Waals surface area contributed by atoms with E-state index < -0.39 is 284 Å². The number of aliphatic hydroxyl groups is 1. The van der Waals surface area contributed by atoms with Gasteiger partial charge in [-0.25, -0.2) is 9.18 Å². The molecule has 0 radical (unpaired) electrons. The van der Waals surface area contributed by atoms with Crippen molar-refractivity contribution < 1.29 is 116 Å². The standard InChI is InChI=1S/C98H135FN20O23S/c1-10-13-26-75-89(132)107-66(39-54(4)5)86(129)113-73(84(127)103-48-80(121)104-65(22-12-3)98(141)142)52-143-53-81(122)105-69(41-56-31-33-59(99)34-32-56)94(137)117-37-20-19-29-76(117)90(133)111-71(45-82(123)124)95(138)118-38-21-30-77(118)91(134)112-72(46-101)88(131)109-68(40-55(6)7)96(139)119-50-60(120)44-79(119)92(135)108-67(42-57-47-102-63-25-17-15-23-61(57)63)87(130)106-64(35-36-100)85(128)110-70(93(136)115(9)78(27-14-11-2)97(140)114(75)8)43-58-49-116(51-83(125)126)74-28-18-16-24-62(58)74/h3,15-18,23-25,28,31-34,47,49,54-55,60,64-73,75-79,102,120H,10-11,13-14,19-22,26-27,29-30,35-46,48,50-53,100-101H2,1-2,4-9H3,(H,103,127)(H,104,121)(H,105,122)(H,106,130)(H,107,132)(H,108,135)(H,109,131)(H,110,128)(H,111,133)(H,112,134)(H,113,129)(H,123,124)(H,125,126)(H,141,142)/t60-,64+,65+,66+,67+,68+,69+,70+,71+,72+,73+,75+,76+,77+,78+,79+/m1/s1. The third-order valence-electron chi connectivity index (χ3n) is 25.7. The van der Waals surface area contributed by atoms with Gasteiger partial charge >= 0.3 is 17.9 Å². The fraction of sp³-hybridized carbons (Fsp3) is 0.561. The summed E-state index contributed by atoms with van der Waals surface area (Å²) in [6.45, 7) is 7.38. The van der Waals surface area contributed by atoms with E-state index in [1.54, 1.807) is 82.4 Å². The van der Waals surface area contributed by atoms with Gasteiger partial charge in [0.25, 0.3) is 0 Å². The molecule has 4 saturated heterocycles. The van der Waals surface area contributed by atoms with Crippen LogP contribution in [0.1, 0.15) is 167 Å². The van der Waals surface area contributed by atoms with Crippen LogP contribution >= 0.6 is 11.8 Å². The Morgan fingerprint density at radius 3 is 1.73 bits per heavy atom. The molecule has 778 valence electrons. The van der Waals surface area contributed by atoms with Crippen molar-refractivity contribution in [1.29, 1.82) is 0 Å². The zero-order valence-electron chi connectivity index (χ0n) is 81.7. The number of aromatic amines is 1. The Hall–Kier alpha value is -13.6. The van der Waals surface area contributed by atoms with Crippen LogP contribution in [0, 0.1) is 30.0 Å². The Morgan fingerprint density at radius 2 is 1.09 bits per heavy atom. The van der Waals surface area contributed by atoms with Gasteiger partial charge in [-0.05, 0) is 124 Å². The average Bonchev–Trinajstić information content (AvgIpc) is 1.68. The van der Waals surface area contributed by atoms with Crippen molar-refractivity contribution in [2.75, 3.05) is 64.9 Å². The number of halogens is 1. The predicted molar refractivity (Wildman–Crippen MR) is 522 cm³/mol. The van der Waals surface area contributed by atoms with Crippen LogP contribution in [0.5, 0.6) is 0 Å². The molecule has 0 spiro atoms. The lowest BCUT2D eigenvalue weighted by Crippen LogP contribution is -2.62. The fourth-order valence-electron chi connectivity index (χ4n) is 18.4. The second-order valence-electron chi connectivity index (χ2n) is 37.5. The molecule has 2 aromatic heterocycles. The first-order valence-corrected chi connectivity index (χ1v) is 49.6. The SMILES string of the molecule is C#CC[C@H](NC(=O)CNC(=O)[C@@H]1CSCC(=O)N[C@@H](Cc2ccc(F)cc2)C(=O)N2CCCC[C@H]2C(=O)N[C@@H](CC(=O)O)C(=O)N2CCC[C@H]2C(=O)N[C@@H](CN)C(=O)N[C@@H](CC(C)C)C(=O)N2C[C@H](O)C[C@H]2C(=O)N[C@@H](Cc2c[nH]c3ccccc23)C(=O)N[C@@H](CCN)C(=O)N[C@@H](Cc2cn(CC(=O)O)c3ccccc23)C(=O)N(C)[C@@H](CCCC)C(=O)N(C)[C@@H](CCCC)C(=O)N[C@@H](CC(C)C)C(=O)N1)C(=O)O. The van der Waals surface area contributed by atoms with Gasteiger partial charge in [-0.15, -0.1) is 24.1 Å². The van der Waals surface area contributed by atoms with Crippen LogP contribution in [0.4, 0.5) is 4.39 Å². The number of nitrogens with two attached hydrogens (primary N) is 2. The molecule has 0 saturated carbocycles. The van der Waals surface area contributed by atoms with Crippen LogP contribution < -0.4 is 70.0 Å². The molecule has 4 aliphatic heterocycles. The number of likely N-dealkylation sites (N-methyl/N-ethyl adjacent to an activating group) is 2. The van der Waals surface area contributed by atoms with Crippen LogP contribution in [0.2, 0.25) is 0 Å². The highest BCUT2D eigenvalue weighted by Gasteiger charge is 2.48. The van der Waals surface area contributed by atoms with E-state index in [-0.39, 0.29) is 96.2 Å². The summed E-state index contributed by atoms with van der Waals surface area (Å²) < 4.78 is 16.0. The average molecular weight is 2010 g/mol. The van der Waals surface area contributed by atoms with Crippen molar-refractivity contribution in [2.24, 2.45) is 23.3 Å². The van der Waals surface area contributed by atoms with Gasteiger partial charge in [-0.3, -0.25) is 86.3 Å². The van der Waals surface area contributed by atoms with E-state index in [4.69, 9.17) is 17.9 Å². The van der Waals surface area contributed by atoms with Gasteiger partial charge in [0.15, 0.2) is 0 Å². The van der Waals surface area contributed by atoms with Gasteiger partial charge in [0.05, 0.1) is 24.8 Å². The number of aliphatic carboxylic acids is 3.